The molecule has 0 fully saturated rings. The minimum absolute atomic E-state index is 0.391. The average molecular weight is 345 g/mol. The summed E-state index contributed by atoms with van der Waals surface area (Å²) in [4.78, 5) is 23.5. The molecule has 2 aromatic heterocycles. The van der Waals surface area contributed by atoms with E-state index in [0.29, 0.717) is 16.8 Å². The molecule has 0 aliphatic rings. The van der Waals surface area contributed by atoms with Crippen LogP contribution in [0.3, 0.4) is 0 Å². The lowest BCUT2D eigenvalue weighted by molar-refractivity contribution is 0.563. The third-order valence-corrected chi connectivity index (χ3v) is 4.65. The Labute approximate surface area is 150 Å². The molecule has 2 heterocycles. The number of para-hydroxylation sites is 1. The highest BCUT2D eigenvalue weighted by Crippen LogP contribution is 2.27. The second-order valence-corrected chi connectivity index (χ2v) is 6.08. The normalized spacial score (nSPS) is 11.2. The predicted molar refractivity (Wildman–Crippen MR) is 105 cm³/mol. The van der Waals surface area contributed by atoms with Gasteiger partial charge in [-0.25, -0.2) is 14.8 Å². The van der Waals surface area contributed by atoms with Crippen molar-refractivity contribution in [3.8, 4) is 11.3 Å². The van der Waals surface area contributed by atoms with E-state index < -0.39 is 5.63 Å². The van der Waals surface area contributed by atoms with Crippen LogP contribution in [0.15, 0.2) is 64.1 Å². The Hall–Kier alpha value is -3.21. The van der Waals surface area contributed by atoms with E-state index in [4.69, 9.17) is 4.42 Å². The van der Waals surface area contributed by atoms with Gasteiger partial charge in [-0.3, -0.25) is 0 Å². The van der Waals surface area contributed by atoms with E-state index in [9.17, 15) is 4.79 Å². The summed E-state index contributed by atoms with van der Waals surface area (Å²) in [5.41, 5.74) is 3.09. The first-order valence-electron chi connectivity index (χ1n) is 8.74. The zero-order valence-corrected chi connectivity index (χ0v) is 14.8. The summed E-state index contributed by atoms with van der Waals surface area (Å²) in [6.07, 6.45) is 1.48. The number of fused-ring (bicyclic) bond motifs is 2. The molecule has 5 nitrogen and oxygen atoms in total. The minimum atomic E-state index is -0.391. The zero-order valence-electron chi connectivity index (χ0n) is 14.8. The molecule has 4 rings (SSSR count). The van der Waals surface area contributed by atoms with Gasteiger partial charge in [0.2, 0.25) is 0 Å². The van der Waals surface area contributed by atoms with Crippen molar-refractivity contribution in [2.45, 2.75) is 13.8 Å². The zero-order chi connectivity index (χ0) is 18.1. The molecular formula is C21H19N3O2. The summed E-state index contributed by atoms with van der Waals surface area (Å²) in [7, 11) is 0. The molecule has 0 saturated heterocycles. The van der Waals surface area contributed by atoms with E-state index in [2.05, 4.69) is 34.8 Å². The number of hydrogen-bond donors (Lipinski definition) is 0. The lowest BCUT2D eigenvalue weighted by atomic mass is 10.1. The summed E-state index contributed by atoms with van der Waals surface area (Å²) in [5.74, 6) is 0. The molecular weight excluding hydrogens is 326 g/mol. The quantitative estimate of drug-likeness (QED) is 0.518. The molecule has 0 radical (unpaired) electrons. The Kier molecular flexibility index (Phi) is 4.13. The standard InChI is InChI=1S/C21H19N3O2/c1-3-24(4-2)15-10-9-14-11-17(21(25)26-19(14)12-15)20-16-7-5-6-8-18(16)22-13-23-20/h5-13H,3-4H2,1-2H3. The van der Waals surface area contributed by atoms with Crippen LogP contribution in [-0.4, -0.2) is 23.1 Å². The Morgan fingerprint density at radius 2 is 1.81 bits per heavy atom. The van der Waals surface area contributed by atoms with Crippen LogP contribution in [0, 0.1) is 0 Å². The van der Waals surface area contributed by atoms with Gasteiger partial charge in [-0.05, 0) is 38.1 Å². The van der Waals surface area contributed by atoms with Crippen molar-refractivity contribution in [2.24, 2.45) is 0 Å². The van der Waals surface area contributed by atoms with Crippen molar-refractivity contribution in [1.82, 2.24) is 9.97 Å². The second kappa shape index (κ2) is 6.59. The maximum absolute atomic E-state index is 12.7. The summed E-state index contributed by atoms with van der Waals surface area (Å²) < 4.78 is 5.63. The maximum atomic E-state index is 12.7. The highest BCUT2D eigenvalue weighted by atomic mass is 16.4. The van der Waals surface area contributed by atoms with Crippen molar-refractivity contribution in [1.29, 1.82) is 0 Å². The van der Waals surface area contributed by atoms with E-state index in [0.717, 1.165) is 35.1 Å². The molecule has 0 N–H and O–H groups in total. The number of aromatic nitrogens is 2. The van der Waals surface area contributed by atoms with Crippen LogP contribution in [0.2, 0.25) is 0 Å². The molecule has 0 amide bonds. The van der Waals surface area contributed by atoms with Gasteiger partial charge < -0.3 is 9.32 Å². The fraction of sp³-hybridized carbons (Fsp3) is 0.190. The van der Waals surface area contributed by atoms with Crippen LogP contribution in [-0.2, 0) is 0 Å². The van der Waals surface area contributed by atoms with Crippen LogP contribution in [0.5, 0.6) is 0 Å². The van der Waals surface area contributed by atoms with Crippen LogP contribution in [0.4, 0.5) is 5.69 Å². The van der Waals surface area contributed by atoms with Crippen molar-refractivity contribution in [3.05, 3.63) is 65.3 Å². The largest absolute Gasteiger partial charge is 0.422 e. The lowest BCUT2D eigenvalue weighted by Gasteiger charge is -2.21. The lowest BCUT2D eigenvalue weighted by Crippen LogP contribution is -2.21. The summed E-state index contributed by atoms with van der Waals surface area (Å²) in [6.45, 7) is 6.01. The first kappa shape index (κ1) is 16.3. The van der Waals surface area contributed by atoms with Crippen LogP contribution >= 0.6 is 0 Å². The SMILES string of the molecule is CCN(CC)c1ccc2cc(-c3ncnc4ccccc34)c(=O)oc2c1. The molecule has 0 bridgehead atoms. The molecule has 0 unspecified atom stereocenters. The van der Waals surface area contributed by atoms with E-state index >= 15 is 0 Å². The molecule has 0 saturated carbocycles. The third-order valence-electron chi connectivity index (χ3n) is 4.65. The number of benzene rings is 2. The molecule has 0 aliphatic carbocycles. The predicted octanol–water partition coefficient (Wildman–Crippen LogP) is 4.25. The molecule has 5 heteroatoms. The van der Waals surface area contributed by atoms with Gasteiger partial charge >= 0.3 is 5.63 Å². The molecule has 130 valence electrons. The van der Waals surface area contributed by atoms with Gasteiger partial charge in [0, 0.05) is 35.6 Å². The third kappa shape index (κ3) is 2.71. The van der Waals surface area contributed by atoms with E-state index in [1.54, 1.807) is 0 Å². The van der Waals surface area contributed by atoms with Crippen LogP contribution in [0.1, 0.15) is 13.8 Å². The van der Waals surface area contributed by atoms with Crippen LogP contribution in [0.25, 0.3) is 33.1 Å². The number of hydrogen-bond acceptors (Lipinski definition) is 5. The highest BCUT2D eigenvalue weighted by Gasteiger charge is 2.13. The Morgan fingerprint density at radius 1 is 1.00 bits per heavy atom. The number of nitrogens with zero attached hydrogens (tertiary/aromatic N) is 3. The summed E-state index contributed by atoms with van der Waals surface area (Å²) >= 11 is 0. The first-order chi connectivity index (χ1) is 12.7. The molecule has 26 heavy (non-hydrogen) atoms. The van der Waals surface area contributed by atoms with Crippen LogP contribution < -0.4 is 10.5 Å². The van der Waals surface area contributed by atoms with Gasteiger partial charge in [0.1, 0.15) is 11.9 Å². The van der Waals surface area contributed by atoms with Crippen molar-refractivity contribution < 1.29 is 4.42 Å². The van der Waals surface area contributed by atoms with Gasteiger partial charge in [0.25, 0.3) is 0 Å². The molecule has 0 atom stereocenters. The van der Waals surface area contributed by atoms with Crippen molar-refractivity contribution >= 4 is 27.6 Å². The smallest absolute Gasteiger partial charge is 0.345 e. The Bertz CT molecular complexity index is 1140. The summed E-state index contributed by atoms with van der Waals surface area (Å²) in [5, 5.41) is 1.71. The Morgan fingerprint density at radius 3 is 2.62 bits per heavy atom. The monoisotopic (exact) mass is 345 g/mol. The molecule has 2 aromatic carbocycles. The molecule has 0 aliphatic heterocycles. The van der Waals surface area contributed by atoms with Gasteiger partial charge in [-0.2, -0.15) is 0 Å². The van der Waals surface area contributed by atoms with Crippen molar-refractivity contribution in [2.75, 3.05) is 18.0 Å². The average Bonchev–Trinajstić information content (AvgIpc) is 2.68. The van der Waals surface area contributed by atoms with Gasteiger partial charge in [0.15, 0.2) is 0 Å². The van der Waals surface area contributed by atoms with Gasteiger partial charge in [0.05, 0.1) is 16.8 Å². The molecule has 4 aromatic rings. The maximum Gasteiger partial charge on any atom is 0.345 e. The molecule has 0 spiro atoms. The second-order valence-electron chi connectivity index (χ2n) is 6.08. The van der Waals surface area contributed by atoms with Gasteiger partial charge in [-0.15, -0.1) is 0 Å². The number of rotatable bonds is 4. The highest BCUT2D eigenvalue weighted by molar-refractivity contribution is 5.94. The fourth-order valence-corrected chi connectivity index (χ4v) is 3.27. The van der Waals surface area contributed by atoms with E-state index in [1.807, 2.05) is 42.5 Å². The number of anilines is 1. The topological polar surface area (TPSA) is 59.2 Å². The van der Waals surface area contributed by atoms with Gasteiger partial charge in [-0.1, -0.05) is 18.2 Å². The van der Waals surface area contributed by atoms with Crippen molar-refractivity contribution in [3.63, 3.8) is 0 Å². The van der Waals surface area contributed by atoms with E-state index in [-0.39, 0.29) is 0 Å². The van der Waals surface area contributed by atoms with E-state index in [1.165, 1.54) is 6.33 Å². The Balaban J connectivity index is 1.90. The minimum Gasteiger partial charge on any atom is -0.422 e. The summed E-state index contributed by atoms with van der Waals surface area (Å²) in [6, 6.07) is 15.5. The fourth-order valence-electron chi connectivity index (χ4n) is 3.27. The first-order valence-corrected chi connectivity index (χ1v) is 8.74.